The third-order valence-electron chi connectivity index (χ3n) is 3.34. The van der Waals surface area contributed by atoms with Crippen LogP contribution in [0.5, 0.6) is 0 Å². The lowest BCUT2D eigenvalue weighted by Gasteiger charge is -2.16. The number of nitrogens with zero attached hydrogens (tertiary/aromatic N) is 1. The summed E-state index contributed by atoms with van der Waals surface area (Å²) >= 11 is 0. The van der Waals surface area contributed by atoms with Crippen molar-refractivity contribution in [3.63, 3.8) is 0 Å². The monoisotopic (exact) mass is 256 g/mol. The van der Waals surface area contributed by atoms with Gasteiger partial charge in [0.1, 0.15) is 0 Å². The zero-order chi connectivity index (χ0) is 13.2. The molecule has 0 fully saturated rings. The number of H-pyrrole nitrogens is 1. The number of nitrogens with one attached hydrogen (secondary N) is 3. The minimum Gasteiger partial charge on any atom is -0.325 e. The molecular weight excluding hydrogens is 240 g/mol. The fourth-order valence-corrected chi connectivity index (χ4v) is 2.25. The van der Waals surface area contributed by atoms with Crippen LogP contribution >= 0.6 is 0 Å². The minimum absolute atomic E-state index is 0.0618. The Labute approximate surface area is 111 Å². The molecule has 0 saturated heterocycles. The molecule has 5 nitrogen and oxygen atoms in total. The number of fused-ring (bicyclic) bond motifs is 1. The van der Waals surface area contributed by atoms with Crippen LogP contribution in [0.3, 0.4) is 0 Å². The van der Waals surface area contributed by atoms with Crippen molar-refractivity contribution >= 4 is 11.6 Å². The fraction of sp³-hybridized carbons (Fsp3) is 0.286. The number of para-hydroxylation sites is 1. The molecule has 98 valence electrons. The highest BCUT2D eigenvalue weighted by molar-refractivity contribution is 5.58. The maximum atomic E-state index is 12.0. The molecule has 0 spiro atoms. The zero-order valence-corrected chi connectivity index (χ0v) is 10.8. The molecule has 0 amide bonds. The summed E-state index contributed by atoms with van der Waals surface area (Å²) in [7, 11) is 0. The molecule has 3 N–H and O–H groups in total. The number of aryl methyl sites for hydroxylation is 1. The van der Waals surface area contributed by atoms with Gasteiger partial charge in [-0.15, -0.1) is 0 Å². The maximum absolute atomic E-state index is 12.0. The smallest absolute Gasteiger partial charge is 0.257 e. The molecule has 19 heavy (non-hydrogen) atoms. The molecule has 0 radical (unpaired) electrons. The van der Waals surface area contributed by atoms with Gasteiger partial charge in [0.15, 0.2) is 0 Å². The van der Waals surface area contributed by atoms with Gasteiger partial charge in [-0.05, 0) is 18.6 Å². The molecule has 1 aromatic heterocycles. The van der Waals surface area contributed by atoms with Gasteiger partial charge in [-0.25, -0.2) is 4.98 Å². The molecule has 0 bridgehead atoms. The molecule has 0 atom stereocenters. The summed E-state index contributed by atoms with van der Waals surface area (Å²) in [5.74, 6) is 0.514. The number of rotatable bonds is 2. The summed E-state index contributed by atoms with van der Waals surface area (Å²) in [5.41, 5.74) is 3.65. The Balaban J connectivity index is 1.96. The lowest BCUT2D eigenvalue weighted by molar-refractivity contribution is 0.621. The molecule has 1 aliphatic heterocycles. The van der Waals surface area contributed by atoms with Gasteiger partial charge >= 0.3 is 0 Å². The van der Waals surface area contributed by atoms with E-state index < -0.39 is 0 Å². The molecule has 2 aromatic rings. The van der Waals surface area contributed by atoms with Crippen LogP contribution in [0.15, 0.2) is 29.1 Å². The molecule has 2 heterocycles. The number of anilines is 2. The Morgan fingerprint density at radius 2 is 2.16 bits per heavy atom. The normalized spacial score (nSPS) is 13.9. The van der Waals surface area contributed by atoms with Crippen LogP contribution in [0.4, 0.5) is 11.6 Å². The van der Waals surface area contributed by atoms with Crippen LogP contribution in [0.1, 0.15) is 16.8 Å². The van der Waals surface area contributed by atoms with Gasteiger partial charge in [0.05, 0.1) is 11.3 Å². The lowest BCUT2D eigenvalue weighted by Crippen LogP contribution is -2.31. The molecular formula is C14H16N4O. The van der Waals surface area contributed by atoms with Crippen LogP contribution in [0, 0.1) is 6.92 Å². The summed E-state index contributed by atoms with van der Waals surface area (Å²) in [6.07, 6.45) is 0.793. The van der Waals surface area contributed by atoms with Crippen molar-refractivity contribution in [2.45, 2.75) is 19.9 Å². The van der Waals surface area contributed by atoms with E-state index in [0.29, 0.717) is 12.5 Å². The number of benzene rings is 1. The fourth-order valence-electron chi connectivity index (χ4n) is 2.25. The van der Waals surface area contributed by atoms with Crippen molar-refractivity contribution in [1.82, 2.24) is 15.3 Å². The second-order valence-electron chi connectivity index (χ2n) is 4.71. The number of hydrogen-bond donors (Lipinski definition) is 3. The summed E-state index contributed by atoms with van der Waals surface area (Å²) in [6, 6.07) is 7.92. The predicted octanol–water partition coefficient (Wildman–Crippen LogP) is 1.47. The van der Waals surface area contributed by atoms with E-state index in [1.165, 1.54) is 0 Å². The number of aromatic amines is 1. The van der Waals surface area contributed by atoms with Gasteiger partial charge in [-0.2, -0.15) is 0 Å². The largest absolute Gasteiger partial charge is 0.325 e. The zero-order valence-electron chi connectivity index (χ0n) is 10.8. The van der Waals surface area contributed by atoms with E-state index in [1.54, 1.807) is 0 Å². The van der Waals surface area contributed by atoms with Crippen LogP contribution in [0.2, 0.25) is 0 Å². The van der Waals surface area contributed by atoms with Gasteiger partial charge in [0, 0.05) is 25.2 Å². The van der Waals surface area contributed by atoms with Crippen molar-refractivity contribution < 1.29 is 0 Å². The Morgan fingerprint density at radius 1 is 1.32 bits per heavy atom. The number of aromatic nitrogens is 2. The van der Waals surface area contributed by atoms with Crippen molar-refractivity contribution in [1.29, 1.82) is 0 Å². The summed E-state index contributed by atoms with van der Waals surface area (Å²) in [6.45, 7) is 3.48. The molecule has 5 heteroatoms. The third kappa shape index (κ3) is 2.37. The van der Waals surface area contributed by atoms with Crippen LogP contribution in [0.25, 0.3) is 0 Å². The predicted molar refractivity (Wildman–Crippen MR) is 74.7 cm³/mol. The average Bonchev–Trinajstić information content (AvgIpc) is 2.42. The SMILES string of the molecule is Cc1ccccc1Nc1nc2c(c(=O)[nH]1)CNCC2. The van der Waals surface area contributed by atoms with Crippen molar-refractivity contribution in [2.24, 2.45) is 0 Å². The lowest BCUT2D eigenvalue weighted by atomic mass is 10.1. The molecule has 0 saturated carbocycles. The van der Waals surface area contributed by atoms with E-state index in [0.717, 1.165) is 35.5 Å². The molecule has 1 aliphatic rings. The van der Waals surface area contributed by atoms with E-state index in [1.807, 2.05) is 31.2 Å². The summed E-state index contributed by atoms with van der Waals surface area (Å²) < 4.78 is 0. The van der Waals surface area contributed by atoms with E-state index >= 15 is 0 Å². The van der Waals surface area contributed by atoms with Crippen molar-refractivity contribution in [3.8, 4) is 0 Å². The van der Waals surface area contributed by atoms with Crippen LogP contribution in [-0.4, -0.2) is 16.5 Å². The first-order valence-electron chi connectivity index (χ1n) is 6.39. The quantitative estimate of drug-likeness (QED) is 0.761. The van der Waals surface area contributed by atoms with Gasteiger partial charge in [-0.1, -0.05) is 18.2 Å². The molecule has 0 unspecified atom stereocenters. The van der Waals surface area contributed by atoms with Crippen molar-refractivity contribution in [3.05, 3.63) is 51.4 Å². The second-order valence-corrected chi connectivity index (χ2v) is 4.71. The Morgan fingerprint density at radius 3 is 3.00 bits per heavy atom. The van der Waals surface area contributed by atoms with Gasteiger partial charge in [0.25, 0.3) is 5.56 Å². The highest BCUT2D eigenvalue weighted by Gasteiger charge is 2.15. The number of hydrogen-bond acceptors (Lipinski definition) is 4. The van der Waals surface area contributed by atoms with Gasteiger partial charge in [-0.3, -0.25) is 9.78 Å². The third-order valence-corrected chi connectivity index (χ3v) is 3.34. The molecule has 0 aliphatic carbocycles. The molecule has 3 rings (SSSR count). The van der Waals surface area contributed by atoms with Crippen molar-refractivity contribution in [2.75, 3.05) is 11.9 Å². The highest BCUT2D eigenvalue weighted by Crippen LogP contribution is 2.17. The average molecular weight is 256 g/mol. The molecule has 1 aromatic carbocycles. The first kappa shape index (κ1) is 11.9. The van der Waals surface area contributed by atoms with Crippen LogP contribution < -0.4 is 16.2 Å². The van der Waals surface area contributed by atoms with E-state index in [-0.39, 0.29) is 5.56 Å². The minimum atomic E-state index is -0.0618. The standard InChI is InChI=1S/C14H16N4O/c1-9-4-2-3-5-11(9)16-14-17-12-6-7-15-8-10(12)13(19)18-14/h2-5,15H,6-8H2,1H3,(H2,16,17,18,19). The Bertz CT molecular complexity index is 663. The van der Waals surface area contributed by atoms with E-state index in [4.69, 9.17) is 0 Å². The topological polar surface area (TPSA) is 69.8 Å². The van der Waals surface area contributed by atoms with E-state index in [9.17, 15) is 4.79 Å². The van der Waals surface area contributed by atoms with E-state index in [2.05, 4.69) is 20.6 Å². The second kappa shape index (κ2) is 4.85. The summed E-state index contributed by atoms with van der Waals surface area (Å²) in [4.78, 5) is 19.3. The first-order chi connectivity index (χ1) is 9.24. The van der Waals surface area contributed by atoms with Gasteiger partial charge in [0.2, 0.25) is 5.95 Å². The maximum Gasteiger partial charge on any atom is 0.257 e. The van der Waals surface area contributed by atoms with Crippen LogP contribution in [-0.2, 0) is 13.0 Å². The Kier molecular flexibility index (Phi) is 3.05. The Hall–Kier alpha value is -2.14. The first-order valence-corrected chi connectivity index (χ1v) is 6.39. The summed E-state index contributed by atoms with van der Waals surface area (Å²) in [5, 5.41) is 6.36. The highest BCUT2D eigenvalue weighted by atomic mass is 16.1. The van der Waals surface area contributed by atoms with Gasteiger partial charge < -0.3 is 10.6 Å².